The van der Waals surface area contributed by atoms with Gasteiger partial charge in [0, 0.05) is 19.6 Å². The summed E-state index contributed by atoms with van der Waals surface area (Å²) >= 11 is 1.04. The van der Waals surface area contributed by atoms with Crippen LogP contribution in [0.2, 0.25) is 0 Å². The molecule has 170 valence electrons. The van der Waals surface area contributed by atoms with Crippen LogP contribution in [0.25, 0.3) is 0 Å². The van der Waals surface area contributed by atoms with Crippen molar-refractivity contribution in [2.45, 2.75) is 38.5 Å². The molecule has 12 nitrogen and oxygen atoms in total. The summed E-state index contributed by atoms with van der Waals surface area (Å²) in [5.41, 5.74) is 0. The van der Waals surface area contributed by atoms with E-state index in [1.807, 2.05) is 0 Å². The van der Waals surface area contributed by atoms with Crippen LogP contribution in [0, 0.1) is 0 Å². The maximum absolute atomic E-state index is 12.5. The van der Waals surface area contributed by atoms with Crippen LogP contribution in [0.4, 0.5) is 9.59 Å². The predicted molar refractivity (Wildman–Crippen MR) is 104 cm³/mol. The first-order valence-electron chi connectivity index (χ1n) is 8.19. The Bertz CT molecular complexity index is 666. The molecule has 1 amide bonds. The molecule has 0 aliphatic heterocycles. The second-order valence-corrected chi connectivity index (χ2v) is 8.28. The molecule has 0 radical (unpaired) electrons. The predicted octanol–water partition coefficient (Wildman–Crippen LogP) is 1.20. The molecule has 0 spiro atoms. The zero-order chi connectivity index (χ0) is 23.3. The van der Waals surface area contributed by atoms with Crippen molar-refractivity contribution in [1.29, 1.82) is 0 Å². The van der Waals surface area contributed by atoms with E-state index in [0.717, 1.165) is 21.0 Å². The van der Waals surface area contributed by atoms with Gasteiger partial charge in [-0.25, -0.2) is 14.4 Å². The molecule has 0 aliphatic carbocycles. The number of carbonyl (C=O) groups excluding carboxylic acids is 6. The maximum Gasteiger partial charge on any atom is 0.371 e. The van der Waals surface area contributed by atoms with E-state index in [-0.39, 0.29) is 5.75 Å². The monoisotopic (exact) mass is 469 g/mol. The molecule has 0 aromatic rings. The standard InChI is InChI=1S/C16H23NO11S2/c1-9(18)25-7-27-14(22)29-6-11(12(20)24-5)17-13(21)16(3,4)30-15(23)28-8-26-10(2)19/h11H,6-8H2,1-5H3,(H,17,21)/t11-/m0/s1. The summed E-state index contributed by atoms with van der Waals surface area (Å²) in [5, 5.41) is 0.650. The summed E-state index contributed by atoms with van der Waals surface area (Å²) in [6.07, 6.45) is 0. The third kappa shape index (κ3) is 12.2. The number of hydrogen-bond donors (Lipinski definition) is 1. The van der Waals surface area contributed by atoms with Crippen LogP contribution < -0.4 is 5.32 Å². The average molecular weight is 469 g/mol. The highest BCUT2D eigenvalue weighted by atomic mass is 32.2. The number of methoxy groups -OCH3 is 1. The summed E-state index contributed by atoms with van der Waals surface area (Å²) in [4.78, 5) is 69.0. The first-order chi connectivity index (χ1) is 13.9. The van der Waals surface area contributed by atoms with Crippen LogP contribution in [0.15, 0.2) is 0 Å². The zero-order valence-electron chi connectivity index (χ0n) is 17.0. The van der Waals surface area contributed by atoms with Crippen LogP contribution in [0.1, 0.15) is 27.7 Å². The first-order valence-corrected chi connectivity index (χ1v) is 10.00. The van der Waals surface area contributed by atoms with E-state index in [1.54, 1.807) is 0 Å². The number of nitrogens with one attached hydrogen (secondary N) is 1. The highest BCUT2D eigenvalue weighted by Gasteiger charge is 2.35. The number of hydrogen-bond acceptors (Lipinski definition) is 13. The lowest BCUT2D eigenvalue weighted by Crippen LogP contribution is -2.50. The lowest BCUT2D eigenvalue weighted by Gasteiger charge is -2.24. The summed E-state index contributed by atoms with van der Waals surface area (Å²) in [7, 11) is 1.09. The fourth-order valence-electron chi connectivity index (χ4n) is 1.44. The number of carbonyl (C=O) groups is 6. The molecule has 0 bridgehead atoms. The Balaban J connectivity index is 4.74. The normalized spacial score (nSPS) is 11.5. The van der Waals surface area contributed by atoms with E-state index in [1.165, 1.54) is 13.8 Å². The molecule has 0 fully saturated rings. The minimum Gasteiger partial charge on any atom is -0.467 e. The van der Waals surface area contributed by atoms with Gasteiger partial charge < -0.3 is 29.0 Å². The second kappa shape index (κ2) is 13.7. The molecule has 0 rings (SSSR count). The van der Waals surface area contributed by atoms with Crippen molar-refractivity contribution >= 4 is 57.9 Å². The van der Waals surface area contributed by atoms with Gasteiger partial charge in [0.15, 0.2) is 0 Å². The van der Waals surface area contributed by atoms with Crippen molar-refractivity contribution in [2.75, 3.05) is 26.4 Å². The molecule has 0 aliphatic rings. The first kappa shape index (κ1) is 27.5. The van der Waals surface area contributed by atoms with Gasteiger partial charge in [0.2, 0.25) is 19.5 Å². The van der Waals surface area contributed by atoms with Crippen LogP contribution in [-0.4, -0.2) is 71.7 Å². The van der Waals surface area contributed by atoms with Gasteiger partial charge in [0.05, 0.1) is 11.9 Å². The smallest absolute Gasteiger partial charge is 0.371 e. The lowest BCUT2D eigenvalue weighted by atomic mass is 10.2. The van der Waals surface area contributed by atoms with Gasteiger partial charge in [-0.3, -0.25) is 14.4 Å². The molecule has 14 heteroatoms. The van der Waals surface area contributed by atoms with Crippen molar-refractivity contribution < 1.29 is 52.5 Å². The molecule has 0 saturated carbocycles. The van der Waals surface area contributed by atoms with Crippen molar-refractivity contribution in [3.63, 3.8) is 0 Å². The number of thioether (sulfide) groups is 2. The summed E-state index contributed by atoms with van der Waals surface area (Å²) in [5.74, 6) is -3.08. The number of rotatable bonds is 10. The second-order valence-electron chi connectivity index (χ2n) is 5.77. The number of amides is 1. The van der Waals surface area contributed by atoms with Gasteiger partial charge in [-0.2, -0.15) is 0 Å². The van der Waals surface area contributed by atoms with Crippen LogP contribution in [-0.2, 0) is 42.9 Å². The van der Waals surface area contributed by atoms with Crippen molar-refractivity contribution in [1.82, 2.24) is 5.32 Å². The van der Waals surface area contributed by atoms with E-state index in [4.69, 9.17) is 0 Å². The molecule has 30 heavy (non-hydrogen) atoms. The Morgan fingerprint density at radius 1 is 0.867 bits per heavy atom. The molecule has 1 N–H and O–H groups in total. The van der Waals surface area contributed by atoms with E-state index >= 15 is 0 Å². The third-order valence-electron chi connectivity index (χ3n) is 2.92. The fraction of sp³-hybridized carbons (Fsp3) is 0.625. The van der Waals surface area contributed by atoms with Gasteiger partial charge in [-0.1, -0.05) is 0 Å². The fourth-order valence-corrected chi connectivity index (χ4v) is 2.77. The third-order valence-corrected chi connectivity index (χ3v) is 4.76. The van der Waals surface area contributed by atoms with Gasteiger partial charge in [0.1, 0.15) is 6.04 Å². The van der Waals surface area contributed by atoms with Crippen LogP contribution >= 0.6 is 23.5 Å². The van der Waals surface area contributed by atoms with Crippen molar-refractivity contribution in [2.24, 2.45) is 0 Å². The van der Waals surface area contributed by atoms with Crippen molar-refractivity contribution in [3.05, 3.63) is 0 Å². The summed E-state index contributed by atoms with van der Waals surface area (Å²) < 4.78 is 21.4. The molecular weight excluding hydrogens is 446 g/mol. The Labute approximate surface area is 181 Å². The van der Waals surface area contributed by atoms with Gasteiger partial charge in [-0.05, 0) is 37.4 Å². The van der Waals surface area contributed by atoms with Crippen LogP contribution in [0.5, 0.6) is 0 Å². The summed E-state index contributed by atoms with van der Waals surface area (Å²) in [6, 6.07) is -1.23. The molecule has 0 aromatic carbocycles. The minimum absolute atomic E-state index is 0.241. The molecule has 0 unspecified atom stereocenters. The highest BCUT2D eigenvalue weighted by Crippen LogP contribution is 2.27. The van der Waals surface area contributed by atoms with Crippen LogP contribution in [0.3, 0.4) is 0 Å². The molecule has 0 aromatic heterocycles. The number of esters is 3. The highest BCUT2D eigenvalue weighted by molar-refractivity contribution is 8.15. The van der Waals surface area contributed by atoms with E-state index in [0.29, 0.717) is 23.5 Å². The quantitative estimate of drug-likeness (QED) is 0.276. The molecule has 0 heterocycles. The topological polar surface area (TPSA) is 161 Å². The Morgan fingerprint density at radius 3 is 1.83 bits per heavy atom. The largest absolute Gasteiger partial charge is 0.467 e. The Hall–Kier alpha value is -2.48. The summed E-state index contributed by atoms with van der Waals surface area (Å²) in [6.45, 7) is 3.88. The average Bonchev–Trinajstić information content (AvgIpc) is 2.63. The minimum atomic E-state index is -1.37. The maximum atomic E-state index is 12.5. The zero-order valence-corrected chi connectivity index (χ0v) is 18.6. The van der Waals surface area contributed by atoms with E-state index in [2.05, 4.69) is 29.0 Å². The Morgan fingerprint density at radius 2 is 1.37 bits per heavy atom. The Kier molecular flexibility index (Phi) is 12.6. The van der Waals surface area contributed by atoms with Gasteiger partial charge >= 0.3 is 28.5 Å². The molecular formula is C16H23NO11S2. The van der Waals surface area contributed by atoms with Crippen molar-refractivity contribution in [3.8, 4) is 0 Å². The SMILES string of the molecule is COC(=O)[C@H](CSC(=O)OCOC(C)=O)NC(=O)C(C)(C)SC(=O)OCOC(C)=O. The molecule has 1 atom stereocenters. The van der Waals surface area contributed by atoms with Gasteiger partial charge in [0.25, 0.3) is 0 Å². The number of ether oxygens (including phenoxy) is 5. The molecule has 0 saturated heterocycles. The van der Waals surface area contributed by atoms with E-state index < -0.39 is 58.8 Å². The van der Waals surface area contributed by atoms with Gasteiger partial charge in [-0.15, -0.1) is 0 Å². The van der Waals surface area contributed by atoms with E-state index in [9.17, 15) is 28.8 Å². The lowest BCUT2D eigenvalue weighted by molar-refractivity contribution is -0.149.